The van der Waals surface area contributed by atoms with Gasteiger partial charge < -0.3 is 5.32 Å². The molecule has 0 radical (unpaired) electrons. The van der Waals surface area contributed by atoms with Crippen molar-refractivity contribution in [2.45, 2.75) is 95.7 Å². The van der Waals surface area contributed by atoms with Gasteiger partial charge in [0.2, 0.25) is 0 Å². The lowest BCUT2D eigenvalue weighted by Crippen LogP contribution is -2.52. The number of allylic oxidation sites excluding steroid dienone is 1. The van der Waals surface area contributed by atoms with Gasteiger partial charge >= 0.3 is 0 Å². The summed E-state index contributed by atoms with van der Waals surface area (Å²) < 4.78 is 58.4. The van der Waals surface area contributed by atoms with Crippen molar-refractivity contribution in [1.82, 2.24) is 19.4 Å². The fraction of sp³-hybridized carbons (Fsp3) is 0.571. The van der Waals surface area contributed by atoms with Crippen LogP contribution in [0.5, 0.6) is 0 Å². The molecule has 0 amide bonds. The summed E-state index contributed by atoms with van der Waals surface area (Å²) in [6.07, 6.45) is 9.83. The smallest absolute Gasteiger partial charge is 0.276 e. The number of sulfone groups is 1. The molecular weight excluding hydrogens is 608 g/mol. The van der Waals surface area contributed by atoms with E-state index in [0.29, 0.717) is 73.3 Å². The first kappa shape index (κ1) is 32.7. The van der Waals surface area contributed by atoms with Crippen LogP contribution in [-0.2, 0) is 22.3 Å². The van der Waals surface area contributed by atoms with E-state index in [9.17, 15) is 13.2 Å². The minimum absolute atomic E-state index is 0.0228. The van der Waals surface area contributed by atoms with Gasteiger partial charge in [0.15, 0.2) is 0 Å². The van der Waals surface area contributed by atoms with Crippen LogP contribution >= 0.6 is 0 Å². The van der Waals surface area contributed by atoms with Gasteiger partial charge in [0.25, 0.3) is 11.5 Å². The highest BCUT2D eigenvalue weighted by molar-refractivity contribution is 7.91. The van der Waals surface area contributed by atoms with E-state index in [2.05, 4.69) is 46.2 Å². The number of fused-ring (bicyclic) bond motifs is 8. The molecule has 3 aromatic rings. The van der Waals surface area contributed by atoms with Crippen molar-refractivity contribution in [2.75, 3.05) is 29.9 Å². The standard InChI is InChI=1S/C35H45F2N5O3S/c1-24-26-10-9-11-27(20-26)35(36,37)28-12-17-41(34(2,3)22-28)15-7-5-4-6-8-16-42-32-30(31(40-24)38-23-39-32)21-29(33(42)43)25-13-18-46(44,45)19-14-25/h5,7,9-11,20-21,23-25,28H,4,6,8,12-19,22H2,1-3H3,(H,38,39,40)/b7-5+/t24-,28?/m1/s1. The summed E-state index contributed by atoms with van der Waals surface area (Å²) in [6, 6.07) is 8.14. The van der Waals surface area contributed by atoms with Crippen molar-refractivity contribution in [3.8, 4) is 0 Å². The van der Waals surface area contributed by atoms with Crippen LogP contribution in [0.25, 0.3) is 11.0 Å². The summed E-state index contributed by atoms with van der Waals surface area (Å²) in [5.74, 6) is -3.28. The van der Waals surface area contributed by atoms with Crippen LogP contribution in [-0.4, -0.2) is 58.0 Å². The van der Waals surface area contributed by atoms with Gasteiger partial charge in [-0.15, -0.1) is 0 Å². The first-order valence-electron chi connectivity index (χ1n) is 16.6. The fourth-order valence-corrected chi connectivity index (χ4v) is 9.00. The Bertz CT molecular complexity index is 1770. The van der Waals surface area contributed by atoms with E-state index in [1.165, 1.54) is 12.4 Å². The number of anilines is 1. The van der Waals surface area contributed by atoms with E-state index in [4.69, 9.17) is 0 Å². The number of halogens is 2. The molecule has 2 aromatic heterocycles. The van der Waals surface area contributed by atoms with E-state index in [0.717, 1.165) is 19.3 Å². The minimum atomic E-state index is -3.10. The highest BCUT2D eigenvalue weighted by atomic mass is 32.2. The topological polar surface area (TPSA) is 97.2 Å². The number of hydrogen-bond acceptors (Lipinski definition) is 7. The van der Waals surface area contributed by atoms with E-state index < -0.39 is 21.7 Å². The molecule has 2 saturated heterocycles. The molecule has 3 atom stereocenters. The summed E-state index contributed by atoms with van der Waals surface area (Å²) >= 11 is 0. The molecule has 4 aliphatic rings. The Balaban J connectivity index is 1.41. The molecule has 8 nitrogen and oxygen atoms in total. The summed E-state index contributed by atoms with van der Waals surface area (Å²) in [4.78, 5) is 25.3. The third-order valence-corrected chi connectivity index (χ3v) is 12.1. The Labute approximate surface area is 270 Å². The lowest BCUT2D eigenvalue weighted by Gasteiger charge is -2.47. The predicted molar refractivity (Wildman–Crippen MR) is 178 cm³/mol. The Kier molecular flexibility index (Phi) is 9.10. The molecule has 2 unspecified atom stereocenters. The second kappa shape index (κ2) is 12.8. The summed E-state index contributed by atoms with van der Waals surface area (Å²) in [6.45, 7) is 7.85. The highest BCUT2D eigenvalue weighted by Gasteiger charge is 2.47. The van der Waals surface area contributed by atoms with Crippen LogP contribution in [0.2, 0.25) is 0 Å². The van der Waals surface area contributed by atoms with Gasteiger partial charge in [-0.05, 0) is 95.9 Å². The summed E-state index contributed by atoms with van der Waals surface area (Å²) in [7, 11) is -3.10. The normalized spacial score (nSPS) is 27.5. The molecule has 248 valence electrons. The largest absolute Gasteiger partial charge is 0.363 e. The molecule has 0 aliphatic carbocycles. The van der Waals surface area contributed by atoms with Crippen molar-refractivity contribution in [3.63, 3.8) is 0 Å². The number of pyridine rings is 1. The maximum Gasteiger partial charge on any atom is 0.276 e. The van der Waals surface area contributed by atoms with E-state index in [1.54, 1.807) is 16.7 Å². The number of piperidine rings is 1. The zero-order chi connectivity index (χ0) is 32.7. The number of rotatable bonds is 1. The molecule has 8 bridgehead atoms. The molecule has 7 rings (SSSR count). The van der Waals surface area contributed by atoms with Crippen LogP contribution in [0.3, 0.4) is 0 Å². The molecular formula is C35H45F2N5O3S. The zero-order valence-corrected chi connectivity index (χ0v) is 27.8. The van der Waals surface area contributed by atoms with Crippen LogP contribution in [0.1, 0.15) is 94.4 Å². The van der Waals surface area contributed by atoms with Crippen molar-refractivity contribution in [2.24, 2.45) is 5.92 Å². The minimum Gasteiger partial charge on any atom is -0.363 e. The number of nitrogens with zero attached hydrogens (tertiary/aromatic N) is 4. The van der Waals surface area contributed by atoms with Gasteiger partial charge in [0, 0.05) is 41.7 Å². The third kappa shape index (κ3) is 6.63. The number of aromatic nitrogens is 3. The average molecular weight is 654 g/mol. The number of aryl methyl sites for hydroxylation is 1. The van der Waals surface area contributed by atoms with E-state index >= 15 is 8.78 Å². The number of benzene rings is 1. The molecule has 4 aliphatic heterocycles. The second-order valence-corrected chi connectivity index (χ2v) is 16.3. The lowest BCUT2D eigenvalue weighted by molar-refractivity contribution is -0.107. The average Bonchev–Trinajstić information content (AvgIpc) is 3.01. The Morgan fingerprint density at radius 3 is 2.54 bits per heavy atom. The zero-order valence-electron chi connectivity index (χ0n) is 27.0. The molecule has 46 heavy (non-hydrogen) atoms. The molecule has 0 spiro atoms. The Morgan fingerprint density at radius 2 is 1.78 bits per heavy atom. The van der Waals surface area contributed by atoms with Gasteiger partial charge in [0.1, 0.15) is 27.6 Å². The molecule has 0 saturated carbocycles. The first-order chi connectivity index (χ1) is 21.9. The Morgan fingerprint density at radius 1 is 1.00 bits per heavy atom. The van der Waals surface area contributed by atoms with Gasteiger partial charge in [0.05, 0.1) is 16.9 Å². The van der Waals surface area contributed by atoms with Crippen LogP contribution < -0.4 is 10.9 Å². The second-order valence-electron chi connectivity index (χ2n) is 14.0. The monoisotopic (exact) mass is 653 g/mol. The molecule has 11 heteroatoms. The van der Waals surface area contributed by atoms with Gasteiger partial charge in [-0.1, -0.05) is 30.4 Å². The summed E-state index contributed by atoms with van der Waals surface area (Å²) in [5, 5.41) is 4.09. The predicted octanol–water partition coefficient (Wildman–Crippen LogP) is 6.58. The maximum absolute atomic E-state index is 16.2. The van der Waals surface area contributed by atoms with Crippen LogP contribution in [0, 0.1) is 5.92 Å². The fourth-order valence-electron chi connectivity index (χ4n) is 7.51. The highest BCUT2D eigenvalue weighted by Crippen LogP contribution is 2.46. The van der Waals surface area contributed by atoms with Crippen LogP contribution in [0.15, 0.2) is 53.6 Å². The van der Waals surface area contributed by atoms with Crippen LogP contribution in [0.4, 0.5) is 14.6 Å². The van der Waals surface area contributed by atoms with E-state index in [1.807, 2.05) is 19.1 Å². The molecule has 2 fully saturated rings. The van der Waals surface area contributed by atoms with Crippen molar-refractivity contribution < 1.29 is 17.2 Å². The summed E-state index contributed by atoms with van der Waals surface area (Å²) in [5.41, 5.74) is 1.33. The van der Waals surface area contributed by atoms with E-state index in [-0.39, 0.29) is 40.1 Å². The quantitative estimate of drug-likeness (QED) is 0.297. The first-order valence-corrected chi connectivity index (χ1v) is 18.4. The van der Waals surface area contributed by atoms with Gasteiger partial charge in [-0.2, -0.15) is 0 Å². The molecule has 1 N–H and O–H groups in total. The van der Waals surface area contributed by atoms with Crippen molar-refractivity contribution in [1.29, 1.82) is 0 Å². The van der Waals surface area contributed by atoms with Crippen molar-refractivity contribution >= 4 is 26.7 Å². The number of nitrogens with one attached hydrogen (secondary N) is 1. The molecule has 6 heterocycles. The van der Waals surface area contributed by atoms with Gasteiger partial charge in [-0.3, -0.25) is 14.3 Å². The number of alkyl halides is 2. The maximum atomic E-state index is 16.2. The lowest BCUT2D eigenvalue weighted by atomic mass is 9.77. The number of hydrogen-bond donors (Lipinski definition) is 1. The van der Waals surface area contributed by atoms with Crippen molar-refractivity contribution in [3.05, 3.63) is 75.9 Å². The third-order valence-electron chi connectivity index (χ3n) is 10.4. The Hall–Kier alpha value is -3.18. The van der Waals surface area contributed by atoms with Gasteiger partial charge in [-0.25, -0.2) is 27.2 Å². The SMILES string of the molecule is C[C@H]1Nc2ncnc3c2cc(C2CCS(=O)(=O)CC2)c(=O)n3CCCC/C=C/CN2CCC(CC2(C)C)C(F)(F)c2cccc1c2. The molecule has 1 aromatic carbocycles.